The molecule has 0 heterocycles. The quantitative estimate of drug-likeness (QED) is 0.481. The zero-order valence-corrected chi connectivity index (χ0v) is 22.8. The molecule has 1 atom stereocenters. The zero-order valence-electron chi connectivity index (χ0n) is 21.2. The van der Waals surface area contributed by atoms with Gasteiger partial charge in [-0.2, -0.15) is 0 Å². The monoisotopic (exact) mass is 533 g/mol. The van der Waals surface area contributed by atoms with Gasteiger partial charge in [0.25, 0.3) is 0 Å². The molecular weight excluding hydrogens is 498 g/mol. The molecule has 0 aromatic heterocycles. The first-order valence-corrected chi connectivity index (χ1v) is 14.7. The van der Waals surface area contributed by atoms with Crippen molar-refractivity contribution < 1.29 is 18.0 Å². The number of sulfonamides is 1. The van der Waals surface area contributed by atoms with E-state index in [1.54, 1.807) is 24.3 Å². The lowest BCUT2D eigenvalue weighted by molar-refractivity contribution is -0.140. The highest BCUT2D eigenvalue weighted by Crippen LogP contribution is 2.28. The number of para-hydroxylation sites is 1. The molecule has 1 aliphatic carbocycles. The Bertz CT molecular complexity index is 1170. The minimum atomic E-state index is -3.82. The molecule has 36 heavy (non-hydrogen) atoms. The normalized spacial score (nSPS) is 15.2. The molecule has 0 unspecified atom stereocenters. The fraction of sp³-hybridized carbons (Fsp3) is 0.481. The Labute approximate surface area is 219 Å². The number of anilines is 1. The van der Waals surface area contributed by atoms with Crippen molar-refractivity contribution in [3.63, 3.8) is 0 Å². The summed E-state index contributed by atoms with van der Waals surface area (Å²) < 4.78 is 26.4. The van der Waals surface area contributed by atoms with Crippen molar-refractivity contribution in [1.82, 2.24) is 10.2 Å². The van der Waals surface area contributed by atoms with E-state index in [-0.39, 0.29) is 29.2 Å². The molecule has 0 saturated heterocycles. The largest absolute Gasteiger partial charge is 0.352 e. The van der Waals surface area contributed by atoms with Gasteiger partial charge in [0, 0.05) is 12.6 Å². The number of hydrogen-bond donors (Lipinski definition) is 1. The lowest BCUT2D eigenvalue weighted by Crippen LogP contribution is -2.54. The molecule has 0 spiro atoms. The number of carbonyl (C=O) groups is 2. The number of benzene rings is 2. The number of rotatable bonds is 10. The van der Waals surface area contributed by atoms with Gasteiger partial charge in [0.15, 0.2) is 0 Å². The van der Waals surface area contributed by atoms with Crippen LogP contribution in [-0.2, 0) is 26.2 Å². The first-order chi connectivity index (χ1) is 17.1. The standard InChI is InChI=1S/C27H36ClN3O4S/c1-4-24(27(33)29-22-14-6-5-7-15-22)30(18-21-13-9-8-12-20(21)2)26(32)19-31(36(3,34)35)25-17-11-10-16-23(25)28/h8-13,16-17,22,24H,4-7,14-15,18-19H2,1-3H3,(H,29,33)/t24-/m1/s1. The smallest absolute Gasteiger partial charge is 0.244 e. The summed E-state index contributed by atoms with van der Waals surface area (Å²) >= 11 is 6.29. The molecule has 9 heteroatoms. The van der Waals surface area contributed by atoms with Crippen molar-refractivity contribution in [2.24, 2.45) is 0 Å². The van der Waals surface area contributed by atoms with Crippen LogP contribution in [0.4, 0.5) is 5.69 Å². The molecule has 2 aromatic rings. The van der Waals surface area contributed by atoms with E-state index in [0.29, 0.717) is 6.42 Å². The second-order valence-electron chi connectivity index (χ2n) is 9.44. The van der Waals surface area contributed by atoms with Crippen molar-refractivity contribution in [1.29, 1.82) is 0 Å². The average molecular weight is 534 g/mol. The van der Waals surface area contributed by atoms with Gasteiger partial charge in [-0.15, -0.1) is 0 Å². The van der Waals surface area contributed by atoms with Crippen LogP contribution in [0.1, 0.15) is 56.6 Å². The van der Waals surface area contributed by atoms with Crippen molar-refractivity contribution in [3.8, 4) is 0 Å². The van der Waals surface area contributed by atoms with E-state index in [9.17, 15) is 18.0 Å². The molecule has 1 N–H and O–H groups in total. The second-order valence-corrected chi connectivity index (χ2v) is 11.8. The molecule has 3 rings (SSSR count). The van der Waals surface area contributed by atoms with Crippen LogP contribution in [0.15, 0.2) is 48.5 Å². The number of aryl methyl sites for hydroxylation is 1. The van der Waals surface area contributed by atoms with Crippen molar-refractivity contribution in [3.05, 3.63) is 64.7 Å². The fourth-order valence-electron chi connectivity index (χ4n) is 4.68. The Morgan fingerprint density at radius 1 is 1.06 bits per heavy atom. The van der Waals surface area contributed by atoms with Gasteiger partial charge in [-0.3, -0.25) is 13.9 Å². The van der Waals surface area contributed by atoms with Gasteiger partial charge in [-0.25, -0.2) is 8.42 Å². The SMILES string of the molecule is CC[C@H](C(=O)NC1CCCCC1)N(Cc1ccccc1C)C(=O)CN(c1ccccc1Cl)S(C)(=O)=O. The molecule has 1 aliphatic rings. The molecule has 7 nitrogen and oxygen atoms in total. The van der Waals surface area contributed by atoms with Gasteiger partial charge in [-0.05, 0) is 49.4 Å². The third-order valence-electron chi connectivity index (χ3n) is 6.74. The van der Waals surface area contributed by atoms with Crippen LogP contribution in [0, 0.1) is 6.92 Å². The number of amides is 2. The number of nitrogens with one attached hydrogen (secondary N) is 1. The number of hydrogen-bond acceptors (Lipinski definition) is 4. The molecule has 1 saturated carbocycles. The predicted molar refractivity (Wildman–Crippen MR) is 144 cm³/mol. The molecule has 2 aromatic carbocycles. The third kappa shape index (κ3) is 7.23. The van der Waals surface area contributed by atoms with Gasteiger partial charge < -0.3 is 10.2 Å². The van der Waals surface area contributed by atoms with Gasteiger partial charge in [-0.1, -0.05) is 74.2 Å². The van der Waals surface area contributed by atoms with E-state index >= 15 is 0 Å². The maximum Gasteiger partial charge on any atom is 0.244 e. The Balaban J connectivity index is 1.93. The number of halogens is 1. The van der Waals surface area contributed by atoms with Crippen LogP contribution in [0.2, 0.25) is 5.02 Å². The highest BCUT2D eigenvalue weighted by Gasteiger charge is 2.33. The van der Waals surface area contributed by atoms with Crippen LogP contribution in [-0.4, -0.2) is 50.0 Å². The minimum absolute atomic E-state index is 0.103. The Morgan fingerprint density at radius 2 is 1.69 bits per heavy atom. The van der Waals surface area contributed by atoms with Crippen LogP contribution in [0.5, 0.6) is 0 Å². The highest BCUT2D eigenvalue weighted by molar-refractivity contribution is 7.92. The summed E-state index contributed by atoms with van der Waals surface area (Å²) in [4.78, 5) is 28.7. The van der Waals surface area contributed by atoms with E-state index < -0.39 is 28.5 Å². The average Bonchev–Trinajstić information content (AvgIpc) is 2.84. The van der Waals surface area contributed by atoms with Crippen molar-refractivity contribution in [2.45, 2.75) is 71.0 Å². The molecule has 0 aliphatic heterocycles. The Hall–Kier alpha value is -2.58. The van der Waals surface area contributed by atoms with E-state index in [4.69, 9.17) is 11.6 Å². The zero-order chi connectivity index (χ0) is 26.3. The highest BCUT2D eigenvalue weighted by atomic mass is 35.5. The summed E-state index contributed by atoms with van der Waals surface area (Å²) in [6, 6.07) is 13.6. The Kier molecular flexibility index (Phi) is 9.79. The lowest BCUT2D eigenvalue weighted by atomic mass is 9.95. The molecule has 2 amide bonds. The maximum absolute atomic E-state index is 13.8. The van der Waals surface area contributed by atoms with E-state index in [2.05, 4.69) is 5.32 Å². The third-order valence-corrected chi connectivity index (χ3v) is 8.19. The summed E-state index contributed by atoms with van der Waals surface area (Å²) in [6.45, 7) is 3.56. The van der Waals surface area contributed by atoms with Gasteiger partial charge >= 0.3 is 0 Å². The summed E-state index contributed by atoms with van der Waals surface area (Å²) in [6.07, 6.45) is 6.64. The molecule has 1 fully saturated rings. The van der Waals surface area contributed by atoms with Crippen molar-refractivity contribution >= 4 is 39.1 Å². The van der Waals surface area contributed by atoms with E-state index in [1.807, 2.05) is 38.1 Å². The maximum atomic E-state index is 13.8. The first-order valence-electron chi connectivity index (χ1n) is 12.5. The molecule has 196 valence electrons. The first kappa shape index (κ1) is 28.0. The Morgan fingerprint density at radius 3 is 2.31 bits per heavy atom. The van der Waals surface area contributed by atoms with Gasteiger partial charge in [0.1, 0.15) is 12.6 Å². The molecule has 0 bridgehead atoms. The second kappa shape index (κ2) is 12.6. The number of nitrogens with zero attached hydrogens (tertiary/aromatic N) is 2. The van der Waals surface area contributed by atoms with Crippen LogP contribution in [0.25, 0.3) is 0 Å². The predicted octanol–water partition coefficient (Wildman–Crippen LogP) is 4.67. The topological polar surface area (TPSA) is 86.8 Å². The van der Waals surface area contributed by atoms with Crippen molar-refractivity contribution in [2.75, 3.05) is 17.1 Å². The van der Waals surface area contributed by atoms with Crippen LogP contribution >= 0.6 is 11.6 Å². The fourth-order valence-corrected chi connectivity index (χ4v) is 5.83. The summed E-state index contributed by atoms with van der Waals surface area (Å²) in [5, 5.41) is 3.37. The van der Waals surface area contributed by atoms with E-state index in [0.717, 1.165) is 47.4 Å². The van der Waals surface area contributed by atoms with Gasteiger partial charge in [0.2, 0.25) is 21.8 Å². The summed E-state index contributed by atoms with van der Waals surface area (Å²) in [5.41, 5.74) is 2.12. The van der Waals surface area contributed by atoms with Crippen LogP contribution < -0.4 is 9.62 Å². The summed E-state index contributed by atoms with van der Waals surface area (Å²) in [5.74, 6) is -0.663. The lowest BCUT2D eigenvalue weighted by Gasteiger charge is -2.34. The number of carbonyl (C=O) groups excluding carboxylic acids is 2. The van der Waals surface area contributed by atoms with E-state index in [1.165, 1.54) is 11.3 Å². The summed E-state index contributed by atoms with van der Waals surface area (Å²) in [7, 11) is -3.82. The molecule has 0 radical (unpaired) electrons. The van der Waals surface area contributed by atoms with Crippen LogP contribution in [0.3, 0.4) is 0 Å². The molecular formula is C27H36ClN3O4S. The minimum Gasteiger partial charge on any atom is -0.352 e. The van der Waals surface area contributed by atoms with Gasteiger partial charge in [0.05, 0.1) is 17.0 Å².